The van der Waals surface area contributed by atoms with Gasteiger partial charge in [-0.15, -0.1) is 0 Å². The standard InChI is InChI=1S/C18H30N2O/c1-5-9-14(2)20-18(21)16(4)19-15(3)12-13-17-10-7-6-8-11-17/h6-8,10-11,14-16,19H,5,9,12-13H2,1-4H3,(H,20,21). The van der Waals surface area contributed by atoms with E-state index in [4.69, 9.17) is 0 Å². The highest BCUT2D eigenvalue weighted by atomic mass is 16.2. The summed E-state index contributed by atoms with van der Waals surface area (Å²) in [4.78, 5) is 12.1. The first kappa shape index (κ1) is 17.7. The Labute approximate surface area is 129 Å². The Hall–Kier alpha value is -1.35. The topological polar surface area (TPSA) is 41.1 Å². The molecule has 118 valence electrons. The summed E-state index contributed by atoms with van der Waals surface area (Å²) in [5, 5.41) is 6.44. The Kier molecular flexibility index (Phi) is 8.06. The maximum Gasteiger partial charge on any atom is 0.237 e. The second kappa shape index (κ2) is 9.56. The Bertz CT molecular complexity index is 405. The van der Waals surface area contributed by atoms with Gasteiger partial charge in [0.15, 0.2) is 0 Å². The first-order valence-corrected chi connectivity index (χ1v) is 8.13. The van der Waals surface area contributed by atoms with E-state index in [0.29, 0.717) is 6.04 Å². The Morgan fingerprint density at radius 3 is 2.33 bits per heavy atom. The molecule has 1 aromatic carbocycles. The minimum atomic E-state index is -0.143. The molecule has 0 heterocycles. The lowest BCUT2D eigenvalue weighted by Gasteiger charge is -2.21. The van der Waals surface area contributed by atoms with Crippen LogP contribution in [0.1, 0.15) is 52.5 Å². The van der Waals surface area contributed by atoms with E-state index < -0.39 is 0 Å². The molecule has 0 spiro atoms. The number of hydrogen-bond acceptors (Lipinski definition) is 2. The quantitative estimate of drug-likeness (QED) is 0.733. The van der Waals surface area contributed by atoms with E-state index in [-0.39, 0.29) is 18.0 Å². The largest absolute Gasteiger partial charge is 0.352 e. The van der Waals surface area contributed by atoms with Gasteiger partial charge in [0, 0.05) is 12.1 Å². The lowest BCUT2D eigenvalue weighted by molar-refractivity contribution is -0.123. The maximum atomic E-state index is 12.1. The number of nitrogens with one attached hydrogen (secondary N) is 2. The summed E-state index contributed by atoms with van der Waals surface area (Å²) in [6.45, 7) is 8.28. The number of amides is 1. The third-order valence-electron chi connectivity index (χ3n) is 3.75. The van der Waals surface area contributed by atoms with Gasteiger partial charge in [0.2, 0.25) is 5.91 Å². The summed E-state index contributed by atoms with van der Waals surface area (Å²) in [5.41, 5.74) is 1.35. The first-order chi connectivity index (χ1) is 10.0. The SMILES string of the molecule is CCCC(C)NC(=O)C(C)NC(C)CCc1ccccc1. The fraction of sp³-hybridized carbons (Fsp3) is 0.611. The maximum absolute atomic E-state index is 12.1. The second-order valence-electron chi connectivity index (χ2n) is 6.01. The van der Waals surface area contributed by atoms with E-state index in [0.717, 1.165) is 25.7 Å². The van der Waals surface area contributed by atoms with Crippen LogP contribution in [-0.2, 0) is 11.2 Å². The molecule has 0 fully saturated rings. The second-order valence-corrected chi connectivity index (χ2v) is 6.01. The molecule has 1 aromatic rings. The number of aryl methyl sites for hydroxylation is 1. The van der Waals surface area contributed by atoms with Crippen LogP contribution in [0.15, 0.2) is 30.3 Å². The summed E-state index contributed by atoms with van der Waals surface area (Å²) >= 11 is 0. The molecule has 0 aliphatic rings. The molecule has 0 aliphatic carbocycles. The van der Waals surface area contributed by atoms with Gasteiger partial charge in [-0.2, -0.15) is 0 Å². The Balaban J connectivity index is 2.29. The molecule has 2 N–H and O–H groups in total. The number of benzene rings is 1. The van der Waals surface area contributed by atoms with Gasteiger partial charge in [0.25, 0.3) is 0 Å². The van der Waals surface area contributed by atoms with Crippen LogP contribution in [0.4, 0.5) is 0 Å². The molecule has 0 aliphatic heterocycles. The zero-order valence-electron chi connectivity index (χ0n) is 13.9. The van der Waals surface area contributed by atoms with Gasteiger partial charge in [-0.3, -0.25) is 4.79 Å². The van der Waals surface area contributed by atoms with Gasteiger partial charge in [-0.25, -0.2) is 0 Å². The molecule has 21 heavy (non-hydrogen) atoms. The molecule has 3 heteroatoms. The van der Waals surface area contributed by atoms with Crippen LogP contribution in [0.2, 0.25) is 0 Å². The van der Waals surface area contributed by atoms with Crippen LogP contribution in [0.25, 0.3) is 0 Å². The van der Waals surface area contributed by atoms with Crippen molar-refractivity contribution in [1.82, 2.24) is 10.6 Å². The van der Waals surface area contributed by atoms with Crippen molar-refractivity contribution in [3.63, 3.8) is 0 Å². The fourth-order valence-corrected chi connectivity index (χ4v) is 2.49. The fourth-order valence-electron chi connectivity index (χ4n) is 2.49. The van der Waals surface area contributed by atoms with Crippen molar-refractivity contribution in [3.05, 3.63) is 35.9 Å². The van der Waals surface area contributed by atoms with E-state index in [1.54, 1.807) is 0 Å². The van der Waals surface area contributed by atoms with Crippen LogP contribution >= 0.6 is 0 Å². The van der Waals surface area contributed by atoms with Gasteiger partial charge in [-0.1, -0.05) is 43.7 Å². The molecule has 3 unspecified atom stereocenters. The van der Waals surface area contributed by atoms with Crippen molar-refractivity contribution in [2.75, 3.05) is 0 Å². The number of carbonyl (C=O) groups is 1. The molecule has 3 atom stereocenters. The van der Waals surface area contributed by atoms with Crippen LogP contribution in [0, 0.1) is 0 Å². The van der Waals surface area contributed by atoms with E-state index in [2.05, 4.69) is 55.7 Å². The zero-order chi connectivity index (χ0) is 15.7. The van der Waals surface area contributed by atoms with Gasteiger partial charge in [0.1, 0.15) is 0 Å². The van der Waals surface area contributed by atoms with Crippen molar-refractivity contribution in [3.8, 4) is 0 Å². The molecule has 0 aromatic heterocycles. The van der Waals surface area contributed by atoms with Gasteiger partial charge in [0.05, 0.1) is 6.04 Å². The van der Waals surface area contributed by atoms with Crippen LogP contribution < -0.4 is 10.6 Å². The number of hydrogen-bond donors (Lipinski definition) is 2. The van der Waals surface area contributed by atoms with Crippen molar-refractivity contribution in [1.29, 1.82) is 0 Å². The van der Waals surface area contributed by atoms with Crippen molar-refractivity contribution in [2.45, 2.75) is 71.5 Å². The van der Waals surface area contributed by atoms with Crippen LogP contribution in [0.3, 0.4) is 0 Å². The molecule has 0 saturated heterocycles. The highest BCUT2D eigenvalue weighted by Gasteiger charge is 2.16. The molecular weight excluding hydrogens is 260 g/mol. The average Bonchev–Trinajstić information content (AvgIpc) is 2.46. The van der Waals surface area contributed by atoms with E-state index in [1.165, 1.54) is 5.56 Å². The molecule has 0 saturated carbocycles. The monoisotopic (exact) mass is 290 g/mol. The van der Waals surface area contributed by atoms with Gasteiger partial charge >= 0.3 is 0 Å². The summed E-state index contributed by atoms with van der Waals surface area (Å²) in [6, 6.07) is 10.9. The average molecular weight is 290 g/mol. The van der Waals surface area contributed by atoms with Gasteiger partial charge in [-0.05, 0) is 45.6 Å². The highest BCUT2D eigenvalue weighted by Crippen LogP contribution is 2.05. The molecule has 0 bridgehead atoms. The smallest absolute Gasteiger partial charge is 0.237 e. The number of rotatable bonds is 9. The van der Waals surface area contributed by atoms with E-state index >= 15 is 0 Å². The summed E-state index contributed by atoms with van der Waals surface area (Å²) < 4.78 is 0. The van der Waals surface area contributed by atoms with Crippen LogP contribution in [0.5, 0.6) is 0 Å². The lowest BCUT2D eigenvalue weighted by Crippen LogP contribution is -2.48. The third-order valence-corrected chi connectivity index (χ3v) is 3.75. The van der Waals surface area contributed by atoms with Crippen molar-refractivity contribution >= 4 is 5.91 Å². The predicted octanol–water partition coefficient (Wildman–Crippen LogP) is 3.29. The Morgan fingerprint density at radius 2 is 1.71 bits per heavy atom. The highest BCUT2D eigenvalue weighted by molar-refractivity contribution is 5.81. The molecule has 3 nitrogen and oxygen atoms in total. The summed E-state index contributed by atoms with van der Waals surface area (Å²) in [7, 11) is 0. The van der Waals surface area contributed by atoms with Crippen molar-refractivity contribution in [2.24, 2.45) is 0 Å². The van der Waals surface area contributed by atoms with E-state index in [9.17, 15) is 4.79 Å². The summed E-state index contributed by atoms with van der Waals surface area (Å²) in [6.07, 6.45) is 4.19. The van der Waals surface area contributed by atoms with E-state index in [1.807, 2.05) is 13.0 Å². The Morgan fingerprint density at radius 1 is 1.05 bits per heavy atom. The third kappa shape index (κ3) is 7.28. The molecule has 1 amide bonds. The number of carbonyl (C=O) groups excluding carboxylic acids is 1. The predicted molar refractivity (Wildman–Crippen MR) is 89.3 cm³/mol. The van der Waals surface area contributed by atoms with Crippen LogP contribution in [-0.4, -0.2) is 24.0 Å². The molecular formula is C18H30N2O. The first-order valence-electron chi connectivity index (χ1n) is 8.13. The minimum absolute atomic E-state index is 0.0995. The lowest BCUT2D eigenvalue weighted by atomic mass is 10.1. The molecule has 1 rings (SSSR count). The van der Waals surface area contributed by atoms with Crippen molar-refractivity contribution < 1.29 is 4.79 Å². The molecule has 0 radical (unpaired) electrons. The van der Waals surface area contributed by atoms with Gasteiger partial charge < -0.3 is 10.6 Å². The minimum Gasteiger partial charge on any atom is -0.352 e. The zero-order valence-corrected chi connectivity index (χ0v) is 13.9. The summed E-state index contributed by atoms with van der Waals surface area (Å²) in [5.74, 6) is 0.0995. The normalized spacial score (nSPS) is 15.2.